The van der Waals surface area contributed by atoms with E-state index in [1.54, 1.807) is 6.26 Å². The molecule has 1 atom stereocenters. The second kappa shape index (κ2) is 5.36. The Balaban J connectivity index is 1.61. The van der Waals surface area contributed by atoms with Gasteiger partial charge in [-0.1, -0.05) is 17.3 Å². The second-order valence-electron chi connectivity index (χ2n) is 4.96. The summed E-state index contributed by atoms with van der Waals surface area (Å²) in [5.41, 5.74) is 2.90. The number of aryl methyl sites for hydroxylation is 1. The van der Waals surface area contributed by atoms with Gasteiger partial charge in [0.1, 0.15) is 24.3 Å². The Morgan fingerprint density at radius 2 is 2.20 bits per heavy atom. The molecule has 20 heavy (non-hydrogen) atoms. The molecule has 1 aliphatic rings. The molecule has 2 heterocycles. The van der Waals surface area contributed by atoms with Gasteiger partial charge < -0.3 is 14.6 Å². The van der Waals surface area contributed by atoms with Crippen molar-refractivity contribution in [2.45, 2.75) is 32.4 Å². The molecule has 1 saturated heterocycles. The summed E-state index contributed by atoms with van der Waals surface area (Å²) in [5, 5.41) is 6.82. The van der Waals surface area contributed by atoms with Gasteiger partial charge >= 0.3 is 0 Å². The topological polar surface area (TPSA) is 64.4 Å². The standard InChI is InChI=1S/C15H16N2O3/c1-10-8-20-17-14(10)9-19-12-4-2-11(3-5-12)13-6-7-15(18)16-13/h2-5,8,13H,6-7,9H2,1H3,(H,16,18). The van der Waals surface area contributed by atoms with E-state index in [1.807, 2.05) is 31.2 Å². The lowest BCUT2D eigenvalue weighted by Crippen LogP contribution is -2.18. The molecule has 1 aromatic heterocycles. The van der Waals surface area contributed by atoms with E-state index in [9.17, 15) is 4.79 Å². The zero-order valence-electron chi connectivity index (χ0n) is 11.3. The van der Waals surface area contributed by atoms with Crippen LogP contribution in [0.4, 0.5) is 0 Å². The fourth-order valence-corrected chi connectivity index (χ4v) is 2.26. The van der Waals surface area contributed by atoms with Gasteiger partial charge in [-0.2, -0.15) is 0 Å². The zero-order valence-corrected chi connectivity index (χ0v) is 11.3. The molecule has 0 bridgehead atoms. The number of aromatic nitrogens is 1. The van der Waals surface area contributed by atoms with Crippen LogP contribution < -0.4 is 10.1 Å². The highest BCUT2D eigenvalue weighted by atomic mass is 16.5. The summed E-state index contributed by atoms with van der Waals surface area (Å²) in [4.78, 5) is 11.2. The molecule has 1 fully saturated rings. The van der Waals surface area contributed by atoms with Crippen LogP contribution in [0.5, 0.6) is 5.75 Å². The molecule has 1 amide bonds. The van der Waals surface area contributed by atoms with E-state index in [0.717, 1.165) is 29.0 Å². The molecule has 0 aliphatic carbocycles. The molecule has 104 valence electrons. The lowest BCUT2D eigenvalue weighted by atomic mass is 10.1. The number of ether oxygens (including phenoxy) is 1. The number of hydrogen-bond donors (Lipinski definition) is 1. The summed E-state index contributed by atoms with van der Waals surface area (Å²) in [6.45, 7) is 2.32. The minimum Gasteiger partial charge on any atom is -0.487 e. The van der Waals surface area contributed by atoms with Crippen LogP contribution in [0.1, 0.15) is 35.7 Å². The first kappa shape index (κ1) is 12.7. The van der Waals surface area contributed by atoms with Crippen LogP contribution in [-0.4, -0.2) is 11.1 Å². The van der Waals surface area contributed by atoms with E-state index in [4.69, 9.17) is 9.26 Å². The predicted octanol–water partition coefficient (Wildman–Crippen LogP) is 2.51. The Morgan fingerprint density at radius 1 is 1.40 bits per heavy atom. The quantitative estimate of drug-likeness (QED) is 0.928. The molecule has 0 radical (unpaired) electrons. The van der Waals surface area contributed by atoms with Crippen molar-refractivity contribution in [3.63, 3.8) is 0 Å². The highest BCUT2D eigenvalue weighted by Crippen LogP contribution is 2.25. The fourth-order valence-electron chi connectivity index (χ4n) is 2.26. The molecule has 0 saturated carbocycles. The van der Waals surface area contributed by atoms with Gasteiger partial charge in [-0.3, -0.25) is 4.79 Å². The number of hydrogen-bond acceptors (Lipinski definition) is 4. The van der Waals surface area contributed by atoms with Crippen molar-refractivity contribution in [3.8, 4) is 5.75 Å². The molecule has 5 heteroatoms. The third kappa shape index (κ3) is 2.66. The Hall–Kier alpha value is -2.30. The van der Waals surface area contributed by atoms with Gasteiger partial charge in [0.15, 0.2) is 0 Å². The van der Waals surface area contributed by atoms with Gasteiger partial charge in [-0.25, -0.2) is 0 Å². The first-order valence-electron chi connectivity index (χ1n) is 6.64. The molecule has 2 aromatic rings. The number of carbonyl (C=O) groups is 1. The van der Waals surface area contributed by atoms with Crippen molar-refractivity contribution in [3.05, 3.63) is 47.3 Å². The summed E-state index contributed by atoms with van der Waals surface area (Å²) in [7, 11) is 0. The molecule has 1 N–H and O–H groups in total. The normalized spacial score (nSPS) is 18.1. The van der Waals surface area contributed by atoms with Gasteiger partial charge in [0.25, 0.3) is 0 Å². The number of nitrogens with zero attached hydrogens (tertiary/aromatic N) is 1. The van der Waals surface area contributed by atoms with E-state index in [0.29, 0.717) is 13.0 Å². The molecule has 1 unspecified atom stereocenters. The van der Waals surface area contributed by atoms with E-state index in [-0.39, 0.29) is 11.9 Å². The summed E-state index contributed by atoms with van der Waals surface area (Å²) < 4.78 is 10.5. The van der Waals surface area contributed by atoms with E-state index in [1.165, 1.54) is 0 Å². The lowest BCUT2D eigenvalue weighted by Gasteiger charge is -2.11. The maximum absolute atomic E-state index is 11.2. The van der Waals surface area contributed by atoms with Crippen LogP contribution in [0.3, 0.4) is 0 Å². The van der Waals surface area contributed by atoms with E-state index in [2.05, 4.69) is 10.5 Å². The predicted molar refractivity (Wildman–Crippen MR) is 72.1 cm³/mol. The Morgan fingerprint density at radius 3 is 2.80 bits per heavy atom. The fraction of sp³-hybridized carbons (Fsp3) is 0.333. The SMILES string of the molecule is Cc1conc1COc1ccc(C2CCC(=O)N2)cc1. The maximum atomic E-state index is 11.2. The third-order valence-corrected chi connectivity index (χ3v) is 3.50. The molecule has 3 rings (SSSR count). The molecular weight excluding hydrogens is 256 g/mol. The van der Waals surface area contributed by atoms with Crippen molar-refractivity contribution in [2.75, 3.05) is 0 Å². The minimum absolute atomic E-state index is 0.122. The number of rotatable bonds is 4. The Kier molecular flexibility index (Phi) is 3.41. The van der Waals surface area contributed by atoms with Crippen molar-refractivity contribution in [1.29, 1.82) is 0 Å². The average molecular weight is 272 g/mol. The summed E-state index contributed by atoms with van der Waals surface area (Å²) in [6, 6.07) is 7.93. The van der Waals surface area contributed by atoms with Gasteiger partial charge in [-0.05, 0) is 31.0 Å². The summed E-state index contributed by atoms with van der Waals surface area (Å²) >= 11 is 0. The Labute approximate surface area is 116 Å². The van der Waals surface area contributed by atoms with Gasteiger partial charge in [-0.15, -0.1) is 0 Å². The van der Waals surface area contributed by atoms with Crippen LogP contribution in [0.25, 0.3) is 0 Å². The van der Waals surface area contributed by atoms with Crippen molar-refractivity contribution < 1.29 is 14.1 Å². The summed E-state index contributed by atoms with van der Waals surface area (Å²) in [5.74, 6) is 0.900. The van der Waals surface area contributed by atoms with Crippen molar-refractivity contribution >= 4 is 5.91 Å². The third-order valence-electron chi connectivity index (χ3n) is 3.50. The van der Waals surface area contributed by atoms with Crippen LogP contribution in [0, 0.1) is 6.92 Å². The average Bonchev–Trinajstić information content (AvgIpc) is 3.06. The van der Waals surface area contributed by atoms with E-state index >= 15 is 0 Å². The van der Waals surface area contributed by atoms with Gasteiger partial charge in [0, 0.05) is 12.0 Å². The first-order chi connectivity index (χ1) is 9.72. The Bertz CT molecular complexity index is 604. The smallest absolute Gasteiger partial charge is 0.220 e. The molecule has 0 spiro atoms. The number of amides is 1. The van der Waals surface area contributed by atoms with Crippen LogP contribution >= 0.6 is 0 Å². The highest BCUT2D eigenvalue weighted by molar-refractivity contribution is 5.78. The zero-order chi connectivity index (χ0) is 13.9. The second-order valence-corrected chi connectivity index (χ2v) is 4.96. The molecular formula is C15H16N2O3. The van der Waals surface area contributed by atoms with Crippen molar-refractivity contribution in [1.82, 2.24) is 10.5 Å². The monoisotopic (exact) mass is 272 g/mol. The minimum atomic E-state index is 0.122. The molecule has 1 aliphatic heterocycles. The van der Waals surface area contributed by atoms with Crippen LogP contribution in [0.2, 0.25) is 0 Å². The largest absolute Gasteiger partial charge is 0.487 e. The van der Waals surface area contributed by atoms with E-state index < -0.39 is 0 Å². The van der Waals surface area contributed by atoms with Gasteiger partial charge in [0.2, 0.25) is 5.91 Å². The maximum Gasteiger partial charge on any atom is 0.220 e. The number of benzene rings is 1. The van der Waals surface area contributed by atoms with Crippen LogP contribution in [-0.2, 0) is 11.4 Å². The van der Waals surface area contributed by atoms with Crippen LogP contribution in [0.15, 0.2) is 35.1 Å². The summed E-state index contributed by atoms with van der Waals surface area (Å²) in [6.07, 6.45) is 3.07. The van der Waals surface area contributed by atoms with Gasteiger partial charge in [0.05, 0.1) is 6.04 Å². The first-order valence-corrected chi connectivity index (χ1v) is 6.64. The van der Waals surface area contributed by atoms with Crippen molar-refractivity contribution in [2.24, 2.45) is 0 Å². The molecule has 5 nitrogen and oxygen atoms in total. The number of nitrogens with one attached hydrogen (secondary N) is 1. The lowest BCUT2D eigenvalue weighted by molar-refractivity contribution is -0.119. The highest BCUT2D eigenvalue weighted by Gasteiger charge is 2.21. The molecule has 1 aromatic carbocycles. The number of carbonyl (C=O) groups excluding carboxylic acids is 1.